The highest BCUT2D eigenvalue weighted by atomic mass is 32.2. The van der Waals surface area contributed by atoms with Crippen molar-refractivity contribution in [3.05, 3.63) is 30.3 Å². The lowest BCUT2D eigenvalue weighted by Crippen LogP contribution is -2.56. The molecule has 3 rings (SSSR count). The first-order chi connectivity index (χ1) is 11.9. The Morgan fingerprint density at radius 2 is 1.92 bits per heavy atom. The van der Waals surface area contributed by atoms with Gasteiger partial charge in [-0.1, -0.05) is 25.1 Å². The molecule has 2 aliphatic heterocycles. The number of benzene rings is 1. The Hall–Kier alpha value is -0.950. The van der Waals surface area contributed by atoms with Crippen LogP contribution in [-0.4, -0.2) is 62.6 Å². The summed E-state index contributed by atoms with van der Waals surface area (Å²) >= 11 is 0. The maximum Gasteiger partial charge on any atom is 0.179 e. The van der Waals surface area contributed by atoms with Crippen molar-refractivity contribution in [2.75, 3.05) is 38.6 Å². The number of hydrogen-bond acceptors (Lipinski definition) is 5. The molecule has 0 aliphatic carbocycles. The van der Waals surface area contributed by atoms with Gasteiger partial charge in [0, 0.05) is 32.8 Å². The summed E-state index contributed by atoms with van der Waals surface area (Å²) in [5.74, 6) is 0.564. The third kappa shape index (κ3) is 4.25. The highest BCUT2D eigenvalue weighted by Crippen LogP contribution is 2.39. The average molecular weight is 368 g/mol. The normalized spacial score (nSPS) is 29.6. The molecule has 0 spiro atoms. The molecule has 1 aromatic rings. The zero-order chi connectivity index (χ0) is 17.9. The number of likely N-dealkylation sites (tertiary alicyclic amines) is 1. The maximum atomic E-state index is 12.4. The SMILES string of the molecule is C[C@@H]1CN(CCS(=O)(=O)c2ccccc2)CC[C@@]1(O)C1CCOCC1. The Labute approximate surface area is 150 Å². The number of rotatable bonds is 5. The van der Waals surface area contributed by atoms with Gasteiger partial charge in [-0.05, 0) is 43.2 Å². The van der Waals surface area contributed by atoms with Gasteiger partial charge in [-0.2, -0.15) is 0 Å². The summed E-state index contributed by atoms with van der Waals surface area (Å²) in [6.45, 7) is 5.58. The van der Waals surface area contributed by atoms with Gasteiger partial charge in [0.1, 0.15) is 0 Å². The lowest BCUT2D eigenvalue weighted by atomic mass is 9.70. The number of sulfone groups is 1. The van der Waals surface area contributed by atoms with Crippen molar-refractivity contribution in [1.82, 2.24) is 4.90 Å². The molecule has 2 atom stereocenters. The van der Waals surface area contributed by atoms with Crippen LogP contribution in [0.5, 0.6) is 0 Å². The minimum Gasteiger partial charge on any atom is -0.389 e. The highest BCUT2D eigenvalue weighted by molar-refractivity contribution is 7.91. The molecule has 1 aromatic carbocycles. The largest absolute Gasteiger partial charge is 0.389 e. The van der Waals surface area contributed by atoms with E-state index >= 15 is 0 Å². The van der Waals surface area contributed by atoms with Crippen molar-refractivity contribution in [2.24, 2.45) is 11.8 Å². The number of nitrogens with zero attached hydrogens (tertiary/aromatic N) is 1. The molecule has 0 bridgehead atoms. The van der Waals surface area contributed by atoms with E-state index in [0.29, 0.717) is 23.8 Å². The molecule has 25 heavy (non-hydrogen) atoms. The second-order valence-electron chi connectivity index (χ2n) is 7.46. The Bertz CT molecular complexity index is 657. The minimum absolute atomic E-state index is 0.124. The monoisotopic (exact) mass is 367 g/mol. The molecule has 140 valence electrons. The highest BCUT2D eigenvalue weighted by Gasteiger charge is 2.45. The van der Waals surface area contributed by atoms with Gasteiger partial charge < -0.3 is 14.7 Å². The fourth-order valence-corrected chi connectivity index (χ4v) is 5.53. The average Bonchev–Trinajstić information content (AvgIpc) is 2.64. The molecular weight excluding hydrogens is 338 g/mol. The zero-order valence-electron chi connectivity index (χ0n) is 14.9. The third-order valence-corrected chi connectivity index (χ3v) is 7.63. The van der Waals surface area contributed by atoms with Crippen molar-refractivity contribution in [3.8, 4) is 0 Å². The van der Waals surface area contributed by atoms with Gasteiger partial charge in [0.05, 0.1) is 16.2 Å². The smallest absolute Gasteiger partial charge is 0.179 e. The lowest BCUT2D eigenvalue weighted by Gasteiger charge is -2.48. The summed E-state index contributed by atoms with van der Waals surface area (Å²) in [5.41, 5.74) is -0.640. The van der Waals surface area contributed by atoms with E-state index in [2.05, 4.69) is 11.8 Å². The third-order valence-electron chi connectivity index (χ3n) is 5.92. The Kier molecular flexibility index (Phi) is 5.83. The van der Waals surface area contributed by atoms with Crippen molar-refractivity contribution >= 4 is 9.84 Å². The minimum atomic E-state index is -3.25. The topological polar surface area (TPSA) is 66.8 Å². The van der Waals surface area contributed by atoms with E-state index in [1.807, 2.05) is 6.07 Å². The van der Waals surface area contributed by atoms with E-state index in [9.17, 15) is 13.5 Å². The van der Waals surface area contributed by atoms with Crippen LogP contribution in [-0.2, 0) is 14.6 Å². The predicted octanol–water partition coefficient (Wildman–Crippen LogP) is 1.96. The van der Waals surface area contributed by atoms with Crippen molar-refractivity contribution in [1.29, 1.82) is 0 Å². The Balaban J connectivity index is 1.56. The van der Waals surface area contributed by atoms with Crippen molar-refractivity contribution < 1.29 is 18.3 Å². The molecule has 6 heteroatoms. The van der Waals surface area contributed by atoms with E-state index in [1.54, 1.807) is 24.3 Å². The summed E-state index contributed by atoms with van der Waals surface area (Å²) in [6, 6.07) is 8.63. The second kappa shape index (κ2) is 7.74. The molecule has 2 fully saturated rings. The molecule has 0 radical (unpaired) electrons. The molecule has 0 unspecified atom stereocenters. The molecule has 2 heterocycles. The van der Waals surface area contributed by atoms with E-state index in [0.717, 1.165) is 39.1 Å². The van der Waals surface area contributed by atoms with Gasteiger partial charge in [0.25, 0.3) is 0 Å². The van der Waals surface area contributed by atoms with E-state index in [-0.39, 0.29) is 11.7 Å². The van der Waals surface area contributed by atoms with Gasteiger partial charge in [0.2, 0.25) is 0 Å². The summed E-state index contributed by atoms with van der Waals surface area (Å²) in [6.07, 6.45) is 2.55. The molecule has 0 amide bonds. The zero-order valence-corrected chi connectivity index (χ0v) is 15.7. The standard InChI is InChI=1S/C19H29NO4S/c1-16-15-20(10-9-19(16,21)17-7-12-24-13-8-17)11-14-25(22,23)18-5-3-2-4-6-18/h2-6,16-17,21H,7-15H2,1H3/t16-,19+/m1/s1. The van der Waals surface area contributed by atoms with Crippen LogP contribution >= 0.6 is 0 Å². The van der Waals surface area contributed by atoms with Gasteiger partial charge in [-0.25, -0.2) is 8.42 Å². The lowest BCUT2D eigenvalue weighted by molar-refractivity contribution is -0.130. The first-order valence-electron chi connectivity index (χ1n) is 9.22. The van der Waals surface area contributed by atoms with Crippen LogP contribution in [0.4, 0.5) is 0 Å². The predicted molar refractivity (Wildman–Crippen MR) is 97.2 cm³/mol. The van der Waals surface area contributed by atoms with Crippen LogP contribution in [0.3, 0.4) is 0 Å². The van der Waals surface area contributed by atoms with E-state index < -0.39 is 15.4 Å². The first kappa shape index (κ1) is 18.8. The molecular formula is C19H29NO4S. The fourth-order valence-electron chi connectivity index (χ4n) is 4.22. The maximum absolute atomic E-state index is 12.4. The Morgan fingerprint density at radius 1 is 1.24 bits per heavy atom. The van der Waals surface area contributed by atoms with Gasteiger partial charge >= 0.3 is 0 Å². The van der Waals surface area contributed by atoms with Crippen LogP contribution in [0.25, 0.3) is 0 Å². The number of hydrogen-bond donors (Lipinski definition) is 1. The second-order valence-corrected chi connectivity index (χ2v) is 9.57. The molecule has 0 saturated carbocycles. The summed E-state index contributed by atoms with van der Waals surface area (Å²) < 4.78 is 30.3. The Morgan fingerprint density at radius 3 is 2.56 bits per heavy atom. The van der Waals surface area contributed by atoms with Gasteiger partial charge in [-0.15, -0.1) is 0 Å². The summed E-state index contributed by atoms with van der Waals surface area (Å²) in [7, 11) is -3.25. The summed E-state index contributed by atoms with van der Waals surface area (Å²) in [5, 5.41) is 11.2. The van der Waals surface area contributed by atoms with Crippen molar-refractivity contribution in [3.63, 3.8) is 0 Å². The quantitative estimate of drug-likeness (QED) is 0.862. The van der Waals surface area contributed by atoms with Crippen LogP contribution < -0.4 is 0 Å². The number of piperidine rings is 1. The van der Waals surface area contributed by atoms with Crippen LogP contribution in [0.1, 0.15) is 26.2 Å². The number of aliphatic hydroxyl groups is 1. The van der Waals surface area contributed by atoms with Crippen molar-refractivity contribution in [2.45, 2.75) is 36.7 Å². The van der Waals surface area contributed by atoms with Crippen LogP contribution in [0.2, 0.25) is 0 Å². The molecule has 5 nitrogen and oxygen atoms in total. The molecule has 2 aliphatic rings. The first-order valence-corrected chi connectivity index (χ1v) is 10.9. The van der Waals surface area contributed by atoms with E-state index in [1.165, 1.54) is 0 Å². The molecule has 2 saturated heterocycles. The van der Waals surface area contributed by atoms with E-state index in [4.69, 9.17) is 4.74 Å². The molecule has 0 aromatic heterocycles. The number of ether oxygens (including phenoxy) is 1. The summed E-state index contributed by atoms with van der Waals surface area (Å²) in [4.78, 5) is 2.57. The molecule has 1 N–H and O–H groups in total. The van der Waals surface area contributed by atoms with Crippen LogP contribution in [0.15, 0.2) is 35.2 Å². The van der Waals surface area contributed by atoms with Gasteiger partial charge in [0.15, 0.2) is 9.84 Å². The van der Waals surface area contributed by atoms with Crippen LogP contribution in [0, 0.1) is 11.8 Å². The fraction of sp³-hybridized carbons (Fsp3) is 0.684. The van der Waals surface area contributed by atoms with Gasteiger partial charge in [-0.3, -0.25) is 0 Å².